The van der Waals surface area contributed by atoms with Crippen molar-refractivity contribution in [2.45, 2.75) is 11.3 Å². The summed E-state index contributed by atoms with van der Waals surface area (Å²) < 4.78 is 0.908. The molecule has 7 nitrogen and oxygen atoms in total. The first-order valence-corrected chi connectivity index (χ1v) is 8.96. The molecule has 0 aromatic carbocycles. The van der Waals surface area contributed by atoms with E-state index >= 15 is 0 Å². The Bertz CT molecular complexity index is 806. The Morgan fingerprint density at radius 1 is 1.25 bits per heavy atom. The molecule has 0 aliphatic carbocycles. The van der Waals surface area contributed by atoms with Crippen LogP contribution >= 0.6 is 23.1 Å². The zero-order valence-electron chi connectivity index (χ0n) is 12.8. The summed E-state index contributed by atoms with van der Waals surface area (Å²) in [5.74, 6) is 1.08. The van der Waals surface area contributed by atoms with Crippen molar-refractivity contribution in [2.24, 2.45) is 0 Å². The van der Waals surface area contributed by atoms with Gasteiger partial charge >= 0.3 is 0 Å². The monoisotopic (exact) mass is 358 g/mol. The average molecular weight is 358 g/mol. The van der Waals surface area contributed by atoms with Gasteiger partial charge in [-0.15, -0.1) is 10.2 Å². The standard InChI is InChI=1S/C15H14N6OS2/c1-10-20-21-15(24-10)23-6-5-17-14(22)12-8-18-13(19-9-12)11-3-2-4-16-7-11/h2-4,7-9H,5-6H2,1H3,(H,17,22). The normalized spacial score (nSPS) is 10.5. The van der Waals surface area contributed by atoms with Crippen LogP contribution in [0.25, 0.3) is 11.4 Å². The third kappa shape index (κ3) is 4.33. The van der Waals surface area contributed by atoms with Gasteiger partial charge < -0.3 is 5.32 Å². The molecule has 9 heteroatoms. The molecule has 0 spiro atoms. The highest BCUT2D eigenvalue weighted by atomic mass is 32.2. The number of hydrogen-bond donors (Lipinski definition) is 1. The maximum Gasteiger partial charge on any atom is 0.254 e. The summed E-state index contributed by atoms with van der Waals surface area (Å²) in [6.07, 6.45) is 6.41. The van der Waals surface area contributed by atoms with E-state index in [0.717, 1.165) is 20.7 Å². The molecule has 122 valence electrons. The number of amides is 1. The smallest absolute Gasteiger partial charge is 0.254 e. The molecule has 3 heterocycles. The molecule has 1 N–H and O–H groups in total. The van der Waals surface area contributed by atoms with Crippen molar-refractivity contribution >= 4 is 29.0 Å². The van der Waals surface area contributed by atoms with Crippen LogP contribution < -0.4 is 5.32 Å². The summed E-state index contributed by atoms with van der Waals surface area (Å²) in [6, 6.07) is 3.69. The highest BCUT2D eigenvalue weighted by Crippen LogP contribution is 2.21. The van der Waals surface area contributed by atoms with Gasteiger partial charge in [0, 0.05) is 42.6 Å². The second-order valence-corrected chi connectivity index (χ2v) is 7.25. The van der Waals surface area contributed by atoms with Crippen LogP contribution in [0.3, 0.4) is 0 Å². The zero-order chi connectivity index (χ0) is 16.8. The van der Waals surface area contributed by atoms with E-state index in [1.54, 1.807) is 35.5 Å². The Balaban J connectivity index is 1.50. The van der Waals surface area contributed by atoms with Crippen LogP contribution in [0.4, 0.5) is 0 Å². The van der Waals surface area contributed by atoms with E-state index in [0.29, 0.717) is 17.9 Å². The van der Waals surface area contributed by atoms with Crippen molar-refractivity contribution in [3.05, 3.63) is 47.5 Å². The van der Waals surface area contributed by atoms with Crippen molar-refractivity contribution in [3.8, 4) is 11.4 Å². The molecule has 0 atom stereocenters. The number of thioether (sulfide) groups is 1. The average Bonchev–Trinajstić information content (AvgIpc) is 3.05. The number of nitrogens with one attached hydrogen (secondary N) is 1. The summed E-state index contributed by atoms with van der Waals surface area (Å²) in [7, 11) is 0. The van der Waals surface area contributed by atoms with Crippen LogP contribution in [0.1, 0.15) is 15.4 Å². The Morgan fingerprint density at radius 2 is 2.08 bits per heavy atom. The Hall–Kier alpha value is -2.39. The quantitative estimate of drug-likeness (QED) is 0.533. The zero-order valence-corrected chi connectivity index (χ0v) is 14.5. The number of carbonyl (C=O) groups excluding carboxylic acids is 1. The van der Waals surface area contributed by atoms with Crippen molar-refractivity contribution in [2.75, 3.05) is 12.3 Å². The third-order valence-electron chi connectivity index (χ3n) is 2.95. The van der Waals surface area contributed by atoms with Gasteiger partial charge in [0.05, 0.1) is 5.56 Å². The van der Waals surface area contributed by atoms with Crippen LogP contribution in [0.15, 0.2) is 41.3 Å². The predicted molar refractivity (Wildman–Crippen MR) is 93.0 cm³/mol. The third-order valence-corrected chi connectivity index (χ3v) is 4.93. The number of hydrogen-bond acceptors (Lipinski definition) is 8. The number of aryl methyl sites for hydroxylation is 1. The molecule has 0 radical (unpaired) electrons. The van der Waals surface area contributed by atoms with Crippen molar-refractivity contribution in [1.82, 2.24) is 30.5 Å². The molecular weight excluding hydrogens is 344 g/mol. The maximum atomic E-state index is 12.1. The van der Waals surface area contributed by atoms with Gasteiger partial charge in [0.15, 0.2) is 10.2 Å². The van der Waals surface area contributed by atoms with Crippen molar-refractivity contribution < 1.29 is 4.79 Å². The van der Waals surface area contributed by atoms with E-state index in [1.807, 2.05) is 19.1 Å². The number of aromatic nitrogens is 5. The molecule has 3 rings (SSSR count). The summed E-state index contributed by atoms with van der Waals surface area (Å²) in [5, 5.41) is 11.8. The fourth-order valence-electron chi connectivity index (χ4n) is 1.83. The van der Waals surface area contributed by atoms with Gasteiger partial charge in [0.2, 0.25) is 0 Å². The highest BCUT2D eigenvalue weighted by molar-refractivity contribution is 8.01. The van der Waals surface area contributed by atoms with E-state index in [-0.39, 0.29) is 5.91 Å². The minimum atomic E-state index is -0.193. The van der Waals surface area contributed by atoms with E-state index in [2.05, 4.69) is 30.5 Å². The SMILES string of the molecule is Cc1nnc(SCCNC(=O)c2cnc(-c3cccnc3)nc2)s1. The lowest BCUT2D eigenvalue weighted by Gasteiger charge is -2.04. The molecule has 0 unspecified atom stereocenters. The number of carbonyl (C=O) groups is 1. The van der Waals surface area contributed by atoms with Gasteiger partial charge in [0.25, 0.3) is 5.91 Å². The molecule has 0 fully saturated rings. The lowest BCUT2D eigenvalue weighted by atomic mass is 10.2. The molecule has 0 bridgehead atoms. The van der Waals surface area contributed by atoms with Gasteiger partial charge in [0.1, 0.15) is 5.01 Å². The molecule has 0 saturated carbocycles. The Morgan fingerprint density at radius 3 is 2.75 bits per heavy atom. The molecule has 24 heavy (non-hydrogen) atoms. The van der Waals surface area contributed by atoms with Gasteiger partial charge in [-0.25, -0.2) is 9.97 Å². The second kappa shape index (κ2) is 7.93. The number of nitrogens with zero attached hydrogens (tertiary/aromatic N) is 5. The van der Waals surface area contributed by atoms with Crippen LogP contribution in [0.2, 0.25) is 0 Å². The van der Waals surface area contributed by atoms with Crippen molar-refractivity contribution in [3.63, 3.8) is 0 Å². The number of rotatable bonds is 6. The van der Waals surface area contributed by atoms with E-state index in [4.69, 9.17) is 0 Å². The molecule has 0 saturated heterocycles. The molecule has 3 aromatic heterocycles. The topological polar surface area (TPSA) is 93.6 Å². The lowest BCUT2D eigenvalue weighted by Crippen LogP contribution is -2.26. The fourth-order valence-corrected chi connectivity index (χ4v) is 3.57. The molecule has 0 aliphatic heterocycles. The maximum absolute atomic E-state index is 12.1. The van der Waals surface area contributed by atoms with Crippen molar-refractivity contribution in [1.29, 1.82) is 0 Å². The van der Waals surface area contributed by atoms with Gasteiger partial charge in [-0.1, -0.05) is 23.1 Å². The predicted octanol–water partition coefficient (Wildman–Crippen LogP) is 2.22. The van der Waals surface area contributed by atoms with E-state index < -0.39 is 0 Å². The van der Waals surface area contributed by atoms with Crippen LogP contribution in [0, 0.1) is 6.92 Å². The Labute approximate surface area is 147 Å². The molecule has 1 amide bonds. The Kier molecular flexibility index (Phi) is 5.44. The van der Waals surface area contributed by atoms with Crippen LogP contribution in [0.5, 0.6) is 0 Å². The van der Waals surface area contributed by atoms with Gasteiger partial charge in [-0.3, -0.25) is 9.78 Å². The first-order chi connectivity index (χ1) is 11.7. The highest BCUT2D eigenvalue weighted by Gasteiger charge is 2.08. The summed E-state index contributed by atoms with van der Waals surface area (Å²) in [5.41, 5.74) is 1.24. The van der Waals surface area contributed by atoms with Gasteiger partial charge in [-0.2, -0.15) is 0 Å². The lowest BCUT2D eigenvalue weighted by molar-refractivity contribution is 0.0955. The van der Waals surface area contributed by atoms with E-state index in [1.165, 1.54) is 12.4 Å². The first kappa shape index (κ1) is 16.5. The first-order valence-electron chi connectivity index (χ1n) is 7.16. The minimum Gasteiger partial charge on any atom is -0.351 e. The largest absolute Gasteiger partial charge is 0.351 e. The molecular formula is C15H14N6OS2. The summed E-state index contributed by atoms with van der Waals surface area (Å²) >= 11 is 3.12. The molecule has 0 aliphatic rings. The minimum absolute atomic E-state index is 0.193. The fraction of sp³-hybridized carbons (Fsp3) is 0.200. The summed E-state index contributed by atoms with van der Waals surface area (Å²) in [4.78, 5) is 24.5. The van der Waals surface area contributed by atoms with E-state index in [9.17, 15) is 4.79 Å². The molecule has 3 aromatic rings. The summed E-state index contributed by atoms with van der Waals surface area (Å²) in [6.45, 7) is 2.45. The van der Waals surface area contributed by atoms with Gasteiger partial charge in [-0.05, 0) is 19.1 Å². The van der Waals surface area contributed by atoms with Crippen LogP contribution in [-0.2, 0) is 0 Å². The van der Waals surface area contributed by atoms with Crippen LogP contribution in [-0.4, -0.2) is 43.4 Å². The number of pyridine rings is 1. The second-order valence-electron chi connectivity index (χ2n) is 4.73.